The first-order valence-corrected chi connectivity index (χ1v) is 7.25. The van der Waals surface area contributed by atoms with Gasteiger partial charge in [-0.15, -0.1) is 0 Å². The maximum Gasteiger partial charge on any atom is 0.326 e. The van der Waals surface area contributed by atoms with Gasteiger partial charge < -0.3 is 15.0 Å². The normalized spacial score (nSPS) is 18.3. The molecule has 0 bridgehead atoms. The Hall–Kier alpha value is -1.30. The molecule has 0 spiro atoms. The summed E-state index contributed by atoms with van der Waals surface area (Å²) in [5.74, 6) is -0.183. The maximum absolute atomic E-state index is 12.1. The van der Waals surface area contributed by atoms with Crippen LogP contribution < -0.4 is 5.32 Å². The summed E-state index contributed by atoms with van der Waals surface area (Å²) < 4.78 is 4.96. The van der Waals surface area contributed by atoms with Gasteiger partial charge in [0, 0.05) is 24.5 Å². The number of methoxy groups -OCH3 is 1. The van der Waals surface area contributed by atoms with Crippen molar-refractivity contribution in [2.45, 2.75) is 38.1 Å². The van der Waals surface area contributed by atoms with E-state index >= 15 is 0 Å². The van der Waals surface area contributed by atoms with Gasteiger partial charge in [-0.2, -0.15) is 0 Å². The molecule has 1 N–H and O–H groups in total. The third-order valence-corrected chi connectivity index (χ3v) is 3.79. The number of nitrogens with zero attached hydrogens (tertiary/aromatic N) is 4. The van der Waals surface area contributed by atoms with Crippen LogP contribution in [0.25, 0.3) is 10.4 Å². The van der Waals surface area contributed by atoms with Crippen molar-refractivity contribution >= 4 is 5.97 Å². The van der Waals surface area contributed by atoms with Crippen LogP contribution >= 0.6 is 0 Å². The van der Waals surface area contributed by atoms with Crippen molar-refractivity contribution in [2.75, 3.05) is 39.8 Å². The smallest absolute Gasteiger partial charge is 0.326 e. The second-order valence-corrected chi connectivity index (χ2v) is 5.15. The minimum absolute atomic E-state index is 0.183. The van der Waals surface area contributed by atoms with Gasteiger partial charge in [-0.25, -0.2) is 0 Å². The van der Waals surface area contributed by atoms with E-state index in [0.717, 1.165) is 45.3 Å². The molecule has 1 rings (SSSR count). The van der Waals surface area contributed by atoms with Crippen LogP contribution in [0.1, 0.15) is 32.6 Å². The van der Waals surface area contributed by atoms with E-state index in [9.17, 15) is 4.79 Å². The number of rotatable bonds is 8. The van der Waals surface area contributed by atoms with Crippen molar-refractivity contribution in [1.82, 2.24) is 10.2 Å². The molecular formula is C13H25N5O2. The number of hydrogen-bond acceptors (Lipinski definition) is 5. The molecule has 0 atom stereocenters. The van der Waals surface area contributed by atoms with Gasteiger partial charge in [-0.05, 0) is 44.3 Å². The lowest BCUT2D eigenvalue weighted by Gasteiger charge is -2.40. The molecule has 0 amide bonds. The average Bonchev–Trinajstić information content (AvgIpc) is 2.48. The molecule has 1 saturated heterocycles. The van der Waals surface area contributed by atoms with Crippen LogP contribution in [0.2, 0.25) is 0 Å². The summed E-state index contributed by atoms with van der Waals surface area (Å²) in [6.45, 7) is 6.16. The van der Waals surface area contributed by atoms with Crippen LogP contribution in [0.4, 0.5) is 0 Å². The number of carbonyl (C=O) groups excluding carboxylic acids is 1. The lowest BCUT2D eigenvalue weighted by Crippen LogP contribution is -2.59. The molecule has 0 aromatic rings. The van der Waals surface area contributed by atoms with Crippen molar-refractivity contribution in [3.63, 3.8) is 0 Å². The van der Waals surface area contributed by atoms with E-state index in [4.69, 9.17) is 10.3 Å². The molecular weight excluding hydrogens is 258 g/mol. The molecule has 20 heavy (non-hydrogen) atoms. The number of carbonyl (C=O) groups is 1. The van der Waals surface area contributed by atoms with Gasteiger partial charge >= 0.3 is 5.97 Å². The van der Waals surface area contributed by atoms with Crippen LogP contribution in [0.5, 0.6) is 0 Å². The summed E-state index contributed by atoms with van der Waals surface area (Å²) in [6, 6.07) is 0. The fourth-order valence-electron chi connectivity index (χ4n) is 2.65. The van der Waals surface area contributed by atoms with Gasteiger partial charge in [0.2, 0.25) is 0 Å². The number of nitrogens with one attached hydrogen (secondary N) is 1. The highest BCUT2D eigenvalue weighted by Crippen LogP contribution is 2.24. The Morgan fingerprint density at radius 1 is 1.50 bits per heavy atom. The van der Waals surface area contributed by atoms with Crippen molar-refractivity contribution in [2.24, 2.45) is 5.11 Å². The van der Waals surface area contributed by atoms with Gasteiger partial charge in [-0.3, -0.25) is 4.79 Å². The first kappa shape index (κ1) is 16.8. The molecule has 0 aliphatic carbocycles. The lowest BCUT2D eigenvalue weighted by atomic mass is 9.87. The third kappa shape index (κ3) is 4.67. The molecule has 114 valence electrons. The Balaban J connectivity index is 2.51. The van der Waals surface area contributed by atoms with Crippen molar-refractivity contribution in [3.05, 3.63) is 10.4 Å². The third-order valence-electron chi connectivity index (χ3n) is 3.79. The molecule has 0 aromatic carbocycles. The minimum atomic E-state index is -0.574. The van der Waals surface area contributed by atoms with E-state index in [1.165, 1.54) is 7.11 Å². The summed E-state index contributed by atoms with van der Waals surface area (Å²) in [6.07, 6.45) is 3.38. The molecule has 0 radical (unpaired) electrons. The highest BCUT2D eigenvalue weighted by molar-refractivity contribution is 5.81. The Morgan fingerprint density at radius 3 is 2.75 bits per heavy atom. The number of esters is 1. The second-order valence-electron chi connectivity index (χ2n) is 5.15. The highest BCUT2D eigenvalue weighted by Gasteiger charge is 2.41. The first-order chi connectivity index (χ1) is 9.68. The molecule has 7 heteroatoms. The lowest BCUT2D eigenvalue weighted by molar-refractivity contribution is -0.151. The predicted molar refractivity (Wildman–Crippen MR) is 77.3 cm³/mol. The number of hydrogen-bond donors (Lipinski definition) is 1. The zero-order chi connectivity index (χ0) is 14.8. The molecule has 0 saturated carbocycles. The molecule has 1 fully saturated rings. The minimum Gasteiger partial charge on any atom is -0.468 e. The second kappa shape index (κ2) is 8.79. The van der Waals surface area contributed by atoms with E-state index in [1.54, 1.807) is 0 Å². The van der Waals surface area contributed by atoms with E-state index in [1.807, 2.05) is 0 Å². The number of ether oxygens (including phenoxy) is 1. The average molecular weight is 283 g/mol. The molecule has 7 nitrogen and oxygen atoms in total. The maximum atomic E-state index is 12.1. The fraction of sp³-hybridized carbons (Fsp3) is 0.923. The zero-order valence-electron chi connectivity index (χ0n) is 12.5. The molecule has 1 aliphatic rings. The van der Waals surface area contributed by atoms with Gasteiger partial charge in [0.1, 0.15) is 5.54 Å². The molecule has 0 aromatic heterocycles. The SMILES string of the molecule is CCCN1CCC(NCCCN=[N+]=[N-])(C(=O)OC)CC1. The fourth-order valence-corrected chi connectivity index (χ4v) is 2.65. The number of likely N-dealkylation sites (tertiary alicyclic amines) is 1. The standard InChI is InChI=1S/C13H25N5O2/c1-3-9-18-10-5-13(6-11-18,12(19)20-2)15-7-4-8-16-17-14/h15H,3-11H2,1-2H3. The summed E-state index contributed by atoms with van der Waals surface area (Å²) in [7, 11) is 1.43. The summed E-state index contributed by atoms with van der Waals surface area (Å²) in [4.78, 5) is 17.2. The Kier molecular flexibility index (Phi) is 7.36. The van der Waals surface area contributed by atoms with Gasteiger partial charge in [0.15, 0.2) is 0 Å². The monoisotopic (exact) mass is 283 g/mol. The van der Waals surface area contributed by atoms with Crippen LogP contribution in [0.15, 0.2) is 5.11 Å². The van der Waals surface area contributed by atoms with Crippen LogP contribution in [-0.2, 0) is 9.53 Å². The van der Waals surface area contributed by atoms with E-state index in [0.29, 0.717) is 13.1 Å². The Morgan fingerprint density at radius 2 is 2.20 bits per heavy atom. The first-order valence-electron chi connectivity index (χ1n) is 7.25. The van der Waals surface area contributed by atoms with Crippen LogP contribution in [0.3, 0.4) is 0 Å². The number of piperidine rings is 1. The van der Waals surface area contributed by atoms with Crippen LogP contribution in [0, 0.1) is 0 Å². The van der Waals surface area contributed by atoms with Crippen LogP contribution in [-0.4, -0.2) is 56.2 Å². The topological polar surface area (TPSA) is 90.3 Å². The van der Waals surface area contributed by atoms with E-state index in [-0.39, 0.29) is 5.97 Å². The van der Waals surface area contributed by atoms with E-state index < -0.39 is 5.54 Å². The van der Waals surface area contributed by atoms with Crippen molar-refractivity contribution in [1.29, 1.82) is 0 Å². The molecule has 1 heterocycles. The molecule has 0 unspecified atom stereocenters. The molecule has 1 aliphatic heterocycles. The van der Waals surface area contributed by atoms with E-state index in [2.05, 4.69) is 27.2 Å². The van der Waals surface area contributed by atoms with Crippen molar-refractivity contribution in [3.8, 4) is 0 Å². The summed E-state index contributed by atoms with van der Waals surface area (Å²) in [5.41, 5.74) is 7.66. The summed E-state index contributed by atoms with van der Waals surface area (Å²) in [5, 5.41) is 6.82. The van der Waals surface area contributed by atoms with Gasteiger partial charge in [0.05, 0.1) is 7.11 Å². The Labute approximate surface area is 120 Å². The Bertz CT molecular complexity index is 347. The van der Waals surface area contributed by atoms with Gasteiger partial charge in [0.25, 0.3) is 0 Å². The quantitative estimate of drug-likeness (QED) is 0.241. The number of azide groups is 1. The highest BCUT2D eigenvalue weighted by atomic mass is 16.5. The van der Waals surface area contributed by atoms with Gasteiger partial charge in [-0.1, -0.05) is 12.0 Å². The predicted octanol–water partition coefficient (Wildman–Crippen LogP) is 1.69. The summed E-state index contributed by atoms with van der Waals surface area (Å²) >= 11 is 0. The van der Waals surface area contributed by atoms with Crippen molar-refractivity contribution < 1.29 is 9.53 Å². The largest absolute Gasteiger partial charge is 0.468 e. The zero-order valence-corrected chi connectivity index (χ0v) is 12.5.